The monoisotopic (exact) mass is 490 g/mol. The summed E-state index contributed by atoms with van der Waals surface area (Å²) in [5.74, 6) is -0.886. The van der Waals surface area contributed by atoms with E-state index in [1.165, 1.54) is 0 Å². The van der Waals surface area contributed by atoms with Crippen LogP contribution in [0.5, 0.6) is 0 Å². The SMILES string of the molecule is O=C(COC(=O)c1c2c(nc3ccccc13)C(=Cc1cccs1)CC2)Nc1ccc2ccccc2c1. The third kappa shape index (κ3) is 4.27. The minimum Gasteiger partial charge on any atom is -0.452 e. The number of nitrogens with zero attached hydrogens (tertiary/aromatic N) is 1. The van der Waals surface area contributed by atoms with Crippen molar-refractivity contribution in [1.82, 2.24) is 4.98 Å². The molecule has 0 saturated heterocycles. The Morgan fingerprint density at radius 1 is 0.944 bits per heavy atom. The fraction of sp³-hybridized carbons (Fsp3) is 0.100. The largest absolute Gasteiger partial charge is 0.452 e. The van der Waals surface area contributed by atoms with Crippen LogP contribution in [0.1, 0.15) is 32.9 Å². The Morgan fingerprint density at radius 3 is 2.64 bits per heavy atom. The summed E-state index contributed by atoms with van der Waals surface area (Å²) in [7, 11) is 0. The number of para-hydroxylation sites is 1. The second-order valence-corrected chi connectivity index (χ2v) is 9.68. The van der Waals surface area contributed by atoms with Crippen LogP contribution in [0.2, 0.25) is 0 Å². The summed E-state index contributed by atoms with van der Waals surface area (Å²) in [5, 5.41) is 7.73. The maximum atomic E-state index is 13.3. The zero-order valence-corrected chi connectivity index (χ0v) is 20.2. The molecule has 0 spiro atoms. The van der Waals surface area contributed by atoms with Crippen LogP contribution in [0.4, 0.5) is 5.69 Å². The van der Waals surface area contributed by atoms with Gasteiger partial charge in [0.1, 0.15) is 0 Å². The van der Waals surface area contributed by atoms with Crippen LogP contribution in [0.3, 0.4) is 0 Å². The minimum atomic E-state index is -0.504. The first-order chi connectivity index (χ1) is 17.7. The lowest BCUT2D eigenvalue weighted by Crippen LogP contribution is -2.21. The molecule has 0 bridgehead atoms. The van der Waals surface area contributed by atoms with E-state index in [0.717, 1.165) is 49.8 Å². The summed E-state index contributed by atoms with van der Waals surface area (Å²) in [6.45, 7) is -0.366. The Hall–Kier alpha value is -4.29. The Kier molecular flexibility index (Phi) is 5.79. The van der Waals surface area contributed by atoms with Crippen molar-refractivity contribution in [2.75, 3.05) is 11.9 Å². The van der Waals surface area contributed by atoms with Crippen LogP contribution in [-0.4, -0.2) is 23.5 Å². The second kappa shape index (κ2) is 9.40. The number of hydrogen-bond acceptors (Lipinski definition) is 5. The molecule has 5 aromatic rings. The number of allylic oxidation sites excluding steroid dienone is 1. The van der Waals surface area contributed by atoms with Crippen LogP contribution in [0.15, 0.2) is 84.2 Å². The van der Waals surface area contributed by atoms with Gasteiger partial charge >= 0.3 is 5.97 Å². The van der Waals surface area contributed by atoms with Crippen molar-refractivity contribution in [1.29, 1.82) is 0 Å². The zero-order chi connectivity index (χ0) is 24.5. The standard InChI is InChI=1S/C30H22N2O3S/c33-27(31-22-13-11-19-6-1-2-7-20(19)16-22)18-35-30(34)28-24-9-3-4-10-26(24)32-29-21(12-14-25(28)29)17-23-8-5-15-36-23/h1-11,13,15-17H,12,14,18H2,(H,31,33). The number of aromatic nitrogens is 1. The van der Waals surface area contributed by atoms with Gasteiger partial charge in [0, 0.05) is 16.0 Å². The van der Waals surface area contributed by atoms with Crippen molar-refractivity contribution in [3.63, 3.8) is 0 Å². The number of ether oxygens (including phenoxy) is 1. The Labute approximate surface area is 212 Å². The number of hydrogen-bond donors (Lipinski definition) is 1. The van der Waals surface area contributed by atoms with Gasteiger partial charge in [-0.15, -0.1) is 11.3 Å². The van der Waals surface area contributed by atoms with Crippen LogP contribution < -0.4 is 5.32 Å². The average Bonchev–Trinajstić information content (AvgIpc) is 3.56. The van der Waals surface area contributed by atoms with E-state index in [9.17, 15) is 9.59 Å². The fourth-order valence-corrected chi connectivity index (χ4v) is 5.41. The van der Waals surface area contributed by atoms with E-state index < -0.39 is 5.97 Å². The molecule has 6 heteroatoms. The molecule has 0 fully saturated rings. The number of nitrogens with one attached hydrogen (secondary N) is 1. The van der Waals surface area contributed by atoms with E-state index in [4.69, 9.17) is 9.72 Å². The molecule has 1 N–H and O–H groups in total. The molecule has 0 radical (unpaired) electrons. The van der Waals surface area contributed by atoms with Crippen molar-refractivity contribution >= 4 is 62.2 Å². The van der Waals surface area contributed by atoms with E-state index in [2.05, 4.69) is 17.5 Å². The van der Waals surface area contributed by atoms with Crippen molar-refractivity contribution in [2.24, 2.45) is 0 Å². The number of thiophene rings is 1. The summed E-state index contributed by atoms with van der Waals surface area (Å²) in [5.41, 5.74) is 4.74. The molecular weight excluding hydrogens is 468 g/mol. The molecular formula is C30H22N2O3S. The van der Waals surface area contributed by atoms with Gasteiger partial charge in [-0.05, 0) is 70.5 Å². The smallest absolute Gasteiger partial charge is 0.339 e. The molecule has 0 aliphatic heterocycles. The van der Waals surface area contributed by atoms with Gasteiger partial charge in [-0.3, -0.25) is 4.79 Å². The third-order valence-electron chi connectivity index (χ3n) is 6.37. The minimum absolute atomic E-state index is 0.366. The number of esters is 1. The topological polar surface area (TPSA) is 68.3 Å². The van der Waals surface area contributed by atoms with Crippen LogP contribution >= 0.6 is 11.3 Å². The highest BCUT2D eigenvalue weighted by atomic mass is 32.1. The lowest BCUT2D eigenvalue weighted by Gasteiger charge is -2.12. The van der Waals surface area contributed by atoms with E-state index in [1.54, 1.807) is 11.3 Å². The van der Waals surface area contributed by atoms with E-state index in [0.29, 0.717) is 17.7 Å². The Balaban J connectivity index is 1.25. The molecule has 176 valence electrons. The first-order valence-corrected chi connectivity index (χ1v) is 12.7. The lowest BCUT2D eigenvalue weighted by molar-refractivity contribution is -0.119. The summed E-state index contributed by atoms with van der Waals surface area (Å²) in [6.07, 6.45) is 3.65. The Morgan fingerprint density at radius 2 is 1.78 bits per heavy atom. The van der Waals surface area contributed by atoms with Gasteiger partial charge in [0.2, 0.25) is 0 Å². The predicted octanol–water partition coefficient (Wildman–Crippen LogP) is 6.73. The fourth-order valence-electron chi connectivity index (χ4n) is 4.72. The molecule has 6 rings (SSSR count). The maximum Gasteiger partial charge on any atom is 0.339 e. The lowest BCUT2D eigenvalue weighted by atomic mass is 10.0. The number of fused-ring (bicyclic) bond motifs is 3. The Bertz CT molecular complexity index is 1650. The van der Waals surface area contributed by atoms with Gasteiger partial charge in [-0.25, -0.2) is 9.78 Å². The molecule has 2 aromatic heterocycles. The molecule has 0 unspecified atom stereocenters. The number of amides is 1. The van der Waals surface area contributed by atoms with Crippen molar-refractivity contribution in [3.05, 3.63) is 106 Å². The number of pyridine rings is 1. The molecule has 1 aliphatic carbocycles. The van der Waals surface area contributed by atoms with Crippen molar-refractivity contribution < 1.29 is 14.3 Å². The summed E-state index contributed by atoms with van der Waals surface area (Å²) in [4.78, 5) is 32.0. The van der Waals surface area contributed by atoms with E-state index >= 15 is 0 Å². The zero-order valence-electron chi connectivity index (χ0n) is 19.4. The van der Waals surface area contributed by atoms with E-state index in [1.807, 2.05) is 78.2 Å². The maximum absolute atomic E-state index is 13.3. The number of rotatable bonds is 5. The summed E-state index contributed by atoms with van der Waals surface area (Å²) >= 11 is 1.67. The normalized spacial score (nSPS) is 13.7. The van der Waals surface area contributed by atoms with Crippen molar-refractivity contribution in [2.45, 2.75) is 12.8 Å². The summed E-state index contributed by atoms with van der Waals surface area (Å²) in [6, 6.07) is 25.3. The highest BCUT2D eigenvalue weighted by Crippen LogP contribution is 2.38. The second-order valence-electron chi connectivity index (χ2n) is 8.70. The first-order valence-electron chi connectivity index (χ1n) is 11.8. The summed E-state index contributed by atoms with van der Waals surface area (Å²) < 4.78 is 5.53. The van der Waals surface area contributed by atoms with Crippen LogP contribution in [0, 0.1) is 0 Å². The van der Waals surface area contributed by atoms with Crippen LogP contribution in [-0.2, 0) is 16.0 Å². The van der Waals surface area contributed by atoms with Gasteiger partial charge < -0.3 is 10.1 Å². The molecule has 36 heavy (non-hydrogen) atoms. The molecule has 2 heterocycles. The highest BCUT2D eigenvalue weighted by molar-refractivity contribution is 7.10. The molecule has 3 aromatic carbocycles. The number of carbonyl (C=O) groups excluding carboxylic acids is 2. The number of benzene rings is 3. The number of carbonyl (C=O) groups is 2. The van der Waals surface area contributed by atoms with Crippen molar-refractivity contribution in [3.8, 4) is 0 Å². The van der Waals surface area contributed by atoms with Gasteiger partial charge in [0.25, 0.3) is 5.91 Å². The molecule has 0 atom stereocenters. The van der Waals surface area contributed by atoms with E-state index in [-0.39, 0.29) is 12.5 Å². The molecule has 1 amide bonds. The van der Waals surface area contributed by atoms with Crippen LogP contribution in [0.25, 0.3) is 33.3 Å². The van der Waals surface area contributed by atoms with Gasteiger partial charge in [-0.1, -0.05) is 54.6 Å². The van der Waals surface area contributed by atoms with Gasteiger partial charge in [-0.2, -0.15) is 0 Å². The number of anilines is 1. The van der Waals surface area contributed by atoms with Gasteiger partial charge in [0.15, 0.2) is 6.61 Å². The molecule has 0 saturated carbocycles. The molecule has 1 aliphatic rings. The quantitative estimate of drug-likeness (QED) is 0.277. The highest BCUT2D eigenvalue weighted by Gasteiger charge is 2.28. The average molecular weight is 491 g/mol. The first kappa shape index (κ1) is 22.2. The predicted molar refractivity (Wildman–Crippen MR) is 145 cm³/mol. The molecule has 5 nitrogen and oxygen atoms in total. The van der Waals surface area contributed by atoms with Gasteiger partial charge in [0.05, 0.1) is 16.8 Å². The third-order valence-corrected chi connectivity index (χ3v) is 7.19.